The maximum atomic E-state index is 11.6. The molecule has 0 radical (unpaired) electrons. The van der Waals surface area contributed by atoms with Crippen molar-refractivity contribution in [3.05, 3.63) is 23.3 Å². The fourth-order valence-electron chi connectivity index (χ4n) is 3.31. The van der Waals surface area contributed by atoms with Crippen molar-refractivity contribution >= 4 is 5.97 Å². The minimum Gasteiger partial charge on any atom is -0.463 e. The van der Waals surface area contributed by atoms with E-state index >= 15 is 0 Å². The van der Waals surface area contributed by atoms with E-state index in [1.165, 1.54) is 18.4 Å². The summed E-state index contributed by atoms with van der Waals surface area (Å²) in [5, 5.41) is 10.1. The lowest BCUT2D eigenvalue weighted by atomic mass is 9.84. The Morgan fingerprint density at radius 1 is 1.38 bits per heavy atom. The smallest absolute Gasteiger partial charge is 0.331 e. The third kappa shape index (κ3) is 8.14. The Bertz CT molecular complexity index is 446. The zero-order valence-electron chi connectivity index (χ0n) is 16.1. The average molecular weight is 337 g/mol. The van der Waals surface area contributed by atoms with Crippen LogP contribution in [-0.2, 0) is 9.53 Å². The molecule has 0 aromatic rings. The summed E-state index contributed by atoms with van der Waals surface area (Å²) in [5.74, 6) is 0.449. The van der Waals surface area contributed by atoms with Crippen LogP contribution in [0.15, 0.2) is 23.3 Å². The SMILES string of the molecule is CCOC(=O)/C=C1/C=C(CC(CC)CCCC(C)(O)CC)CCC1. The van der Waals surface area contributed by atoms with E-state index < -0.39 is 5.60 Å². The zero-order valence-corrected chi connectivity index (χ0v) is 16.1. The Labute approximate surface area is 148 Å². The molecule has 0 saturated carbocycles. The lowest BCUT2D eigenvalue weighted by Gasteiger charge is -2.24. The first-order valence-electron chi connectivity index (χ1n) is 9.69. The van der Waals surface area contributed by atoms with Crippen molar-refractivity contribution in [3.63, 3.8) is 0 Å². The van der Waals surface area contributed by atoms with E-state index in [1.54, 1.807) is 6.08 Å². The Balaban J connectivity index is 2.54. The molecule has 0 heterocycles. The molecule has 1 N–H and O–H groups in total. The molecule has 1 aliphatic rings. The van der Waals surface area contributed by atoms with Crippen LogP contribution in [0, 0.1) is 5.92 Å². The first kappa shape index (κ1) is 21.0. The minimum atomic E-state index is -0.516. The summed E-state index contributed by atoms with van der Waals surface area (Å²) in [5.41, 5.74) is 2.06. The maximum absolute atomic E-state index is 11.6. The van der Waals surface area contributed by atoms with Crippen LogP contribution >= 0.6 is 0 Å². The van der Waals surface area contributed by atoms with E-state index in [9.17, 15) is 9.90 Å². The molecule has 0 fully saturated rings. The molecule has 138 valence electrons. The summed E-state index contributed by atoms with van der Waals surface area (Å²) in [6.45, 7) is 8.49. The standard InChI is InChI=1S/C21H36O3/c1-5-17(12-9-13-21(4,23)6-2)14-18-10-8-11-19(15-18)16-20(22)24-7-3/h15-17,23H,5-14H2,1-4H3/b19-16+. The average Bonchev–Trinajstić information content (AvgIpc) is 2.54. The molecular formula is C21H36O3. The predicted molar refractivity (Wildman–Crippen MR) is 99.8 cm³/mol. The van der Waals surface area contributed by atoms with E-state index in [1.807, 2.05) is 20.8 Å². The molecular weight excluding hydrogens is 300 g/mol. The first-order chi connectivity index (χ1) is 11.4. The molecule has 2 unspecified atom stereocenters. The third-order valence-electron chi connectivity index (χ3n) is 5.16. The minimum absolute atomic E-state index is 0.223. The van der Waals surface area contributed by atoms with Gasteiger partial charge in [0.1, 0.15) is 0 Å². The van der Waals surface area contributed by atoms with Gasteiger partial charge in [-0.1, -0.05) is 44.8 Å². The lowest BCUT2D eigenvalue weighted by Crippen LogP contribution is -2.22. The van der Waals surface area contributed by atoms with Gasteiger partial charge in [0.05, 0.1) is 12.2 Å². The number of hydrogen-bond acceptors (Lipinski definition) is 3. The highest BCUT2D eigenvalue weighted by atomic mass is 16.5. The second-order valence-electron chi connectivity index (χ2n) is 7.35. The number of allylic oxidation sites excluding steroid dienone is 3. The number of rotatable bonds is 10. The monoisotopic (exact) mass is 336 g/mol. The van der Waals surface area contributed by atoms with Crippen molar-refractivity contribution in [1.29, 1.82) is 0 Å². The van der Waals surface area contributed by atoms with Crippen LogP contribution in [0.4, 0.5) is 0 Å². The summed E-state index contributed by atoms with van der Waals surface area (Å²) in [4.78, 5) is 11.6. The van der Waals surface area contributed by atoms with Gasteiger partial charge in [-0.2, -0.15) is 0 Å². The molecule has 0 spiro atoms. The summed E-state index contributed by atoms with van der Waals surface area (Å²) >= 11 is 0. The largest absolute Gasteiger partial charge is 0.463 e. The number of hydrogen-bond donors (Lipinski definition) is 1. The fraction of sp³-hybridized carbons (Fsp3) is 0.762. The Morgan fingerprint density at radius 2 is 2.12 bits per heavy atom. The van der Waals surface area contributed by atoms with Crippen molar-refractivity contribution in [2.75, 3.05) is 6.61 Å². The topological polar surface area (TPSA) is 46.5 Å². The summed E-state index contributed by atoms with van der Waals surface area (Å²) < 4.78 is 5.01. The second-order valence-corrected chi connectivity index (χ2v) is 7.35. The van der Waals surface area contributed by atoms with Crippen molar-refractivity contribution in [2.45, 2.75) is 91.1 Å². The molecule has 0 amide bonds. The molecule has 24 heavy (non-hydrogen) atoms. The molecule has 0 aromatic heterocycles. The van der Waals surface area contributed by atoms with Crippen LogP contribution in [0.25, 0.3) is 0 Å². The zero-order chi connectivity index (χ0) is 18.0. The fourth-order valence-corrected chi connectivity index (χ4v) is 3.31. The number of esters is 1. The summed E-state index contributed by atoms with van der Waals surface area (Å²) in [7, 11) is 0. The number of aliphatic hydroxyl groups is 1. The second kappa shape index (κ2) is 10.7. The molecule has 1 rings (SSSR count). The number of carbonyl (C=O) groups excluding carboxylic acids is 1. The molecule has 0 bridgehead atoms. The molecule has 2 atom stereocenters. The van der Waals surface area contributed by atoms with Crippen molar-refractivity contribution in [1.82, 2.24) is 0 Å². The van der Waals surface area contributed by atoms with Gasteiger partial charge >= 0.3 is 5.97 Å². The maximum Gasteiger partial charge on any atom is 0.331 e. The Morgan fingerprint density at radius 3 is 2.75 bits per heavy atom. The molecule has 0 aliphatic heterocycles. The predicted octanol–water partition coefficient (Wildman–Crippen LogP) is 5.33. The highest BCUT2D eigenvalue weighted by molar-refractivity contribution is 5.83. The summed E-state index contributed by atoms with van der Waals surface area (Å²) in [6, 6.07) is 0. The van der Waals surface area contributed by atoms with E-state index in [4.69, 9.17) is 4.74 Å². The summed E-state index contributed by atoms with van der Waals surface area (Å²) in [6.07, 6.45) is 13.3. The van der Waals surface area contributed by atoms with Crippen LogP contribution < -0.4 is 0 Å². The van der Waals surface area contributed by atoms with Gasteiger partial charge in [-0.25, -0.2) is 4.79 Å². The van der Waals surface area contributed by atoms with E-state index in [0.29, 0.717) is 12.5 Å². The quantitative estimate of drug-likeness (QED) is 0.433. The molecule has 0 saturated heterocycles. The van der Waals surface area contributed by atoms with Crippen molar-refractivity contribution in [2.24, 2.45) is 5.92 Å². The molecule has 0 aromatic carbocycles. The van der Waals surface area contributed by atoms with E-state index in [0.717, 1.165) is 50.5 Å². The van der Waals surface area contributed by atoms with Crippen molar-refractivity contribution < 1.29 is 14.6 Å². The molecule has 1 aliphatic carbocycles. The van der Waals surface area contributed by atoms with Crippen LogP contribution in [0.2, 0.25) is 0 Å². The van der Waals surface area contributed by atoms with E-state index in [-0.39, 0.29) is 5.97 Å². The number of carbonyl (C=O) groups is 1. The Hall–Kier alpha value is -1.09. The highest BCUT2D eigenvalue weighted by Crippen LogP contribution is 2.30. The molecule has 3 heteroatoms. The van der Waals surface area contributed by atoms with Gasteiger partial charge < -0.3 is 9.84 Å². The van der Waals surface area contributed by atoms with Gasteiger partial charge in [0, 0.05) is 6.08 Å². The van der Waals surface area contributed by atoms with Gasteiger partial charge in [0.25, 0.3) is 0 Å². The lowest BCUT2D eigenvalue weighted by molar-refractivity contribution is -0.137. The van der Waals surface area contributed by atoms with Crippen LogP contribution in [0.3, 0.4) is 0 Å². The molecule has 3 nitrogen and oxygen atoms in total. The van der Waals surface area contributed by atoms with Crippen LogP contribution in [0.1, 0.15) is 85.5 Å². The van der Waals surface area contributed by atoms with Crippen LogP contribution in [-0.4, -0.2) is 23.3 Å². The van der Waals surface area contributed by atoms with E-state index in [2.05, 4.69) is 13.0 Å². The normalized spacial score (nSPS) is 20.4. The van der Waals surface area contributed by atoms with Gasteiger partial charge in [0.2, 0.25) is 0 Å². The highest BCUT2D eigenvalue weighted by Gasteiger charge is 2.19. The first-order valence-corrected chi connectivity index (χ1v) is 9.69. The van der Waals surface area contributed by atoms with Crippen molar-refractivity contribution in [3.8, 4) is 0 Å². The van der Waals surface area contributed by atoms with Gasteiger partial charge in [0.15, 0.2) is 0 Å². The third-order valence-corrected chi connectivity index (χ3v) is 5.16. The van der Waals surface area contributed by atoms with Gasteiger partial charge in [-0.05, 0) is 63.9 Å². The Kier molecular flexibility index (Phi) is 9.35. The number of ether oxygens (including phenoxy) is 1. The van der Waals surface area contributed by atoms with Gasteiger partial charge in [-0.3, -0.25) is 0 Å². The van der Waals surface area contributed by atoms with Gasteiger partial charge in [-0.15, -0.1) is 0 Å². The van der Waals surface area contributed by atoms with Crippen LogP contribution in [0.5, 0.6) is 0 Å².